The van der Waals surface area contributed by atoms with Crippen molar-refractivity contribution in [3.05, 3.63) is 58.1 Å². The lowest BCUT2D eigenvalue weighted by molar-refractivity contribution is 0.374. The first-order valence-corrected chi connectivity index (χ1v) is 7.91. The molecule has 0 fully saturated rings. The molecule has 0 atom stereocenters. The Morgan fingerprint density at radius 2 is 1.69 bits per heavy atom. The third-order valence-corrected chi connectivity index (χ3v) is 3.97. The predicted octanol–water partition coefficient (Wildman–Crippen LogP) is 2.61. The summed E-state index contributed by atoms with van der Waals surface area (Å²) in [5, 5.41) is 4.82. The fraction of sp³-hybridized carbons (Fsp3) is 0.211. The average Bonchev–Trinajstić information content (AvgIpc) is 2.67. The van der Waals surface area contributed by atoms with E-state index in [0.717, 1.165) is 0 Å². The quantitative estimate of drug-likeness (QED) is 0.659. The monoisotopic (exact) mass is 353 g/mol. The van der Waals surface area contributed by atoms with Gasteiger partial charge in [-0.1, -0.05) is 12.1 Å². The molecule has 0 aliphatic carbocycles. The minimum atomic E-state index is -0.240. The first-order chi connectivity index (χ1) is 12.6. The summed E-state index contributed by atoms with van der Waals surface area (Å²) < 4.78 is 17.3. The second-order valence-corrected chi connectivity index (χ2v) is 5.48. The van der Waals surface area contributed by atoms with Crippen molar-refractivity contribution in [2.45, 2.75) is 6.92 Å². The van der Waals surface area contributed by atoms with E-state index in [2.05, 4.69) is 10.1 Å². The molecular weight excluding hydrogens is 334 g/mol. The minimum absolute atomic E-state index is 0.240. The van der Waals surface area contributed by atoms with Crippen molar-refractivity contribution in [3.8, 4) is 17.2 Å². The summed E-state index contributed by atoms with van der Waals surface area (Å²) >= 11 is 0. The molecular formula is C19H19N3O4. The maximum absolute atomic E-state index is 12.7. The number of methoxy groups -OCH3 is 3. The van der Waals surface area contributed by atoms with E-state index >= 15 is 0 Å². The van der Waals surface area contributed by atoms with Gasteiger partial charge in [0.2, 0.25) is 0 Å². The highest BCUT2D eigenvalue weighted by Gasteiger charge is 2.12. The topological polar surface area (TPSA) is 74.9 Å². The number of hydrogen-bond acceptors (Lipinski definition) is 6. The Kier molecular flexibility index (Phi) is 4.88. The van der Waals surface area contributed by atoms with Gasteiger partial charge in [-0.2, -0.15) is 9.78 Å². The molecule has 3 aromatic rings. The molecule has 0 bridgehead atoms. The summed E-state index contributed by atoms with van der Waals surface area (Å²) in [5.41, 5.74) is 0.993. The van der Waals surface area contributed by atoms with Crippen LogP contribution in [-0.4, -0.2) is 37.2 Å². The SMILES string of the molecule is COc1cc(OC)c(/C=N\n2c(C)nc3ccccc3c2=O)c(OC)c1. The summed E-state index contributed by atoms with van der Waals surface area (Å²) in [7, 11) is 4.65. The van der Waals surface area contributed by atoms with Crippen LogP contribution >= 0.6 is 0 Å². The molecule has 0 aliphatic heterocycles. The van der Waals surface area contributed by atoms with Gasteiger partial charge < -0.3 is 14.2 Å². The van der Waals surface area contributed by atoms with Crippen molar-refractivity contribution in [2.24, 2.45) is 5.10 Å². The van der Waals surface area contributed by atoms with Crippen LogP contribution in [-0.2, 0) is 0 Å². The van der Waals surface area contributed by atoms with Crippen LogP contribution in [0.15, 0.2) is 46.3 Å². The van der Waals surface area contributed by atoms with Gasteiger partial charge in [0.05, 0.1) is 44.0 Å². The summed E-state index contributed by atoms with van der Waals surface area (Å²) in [6.07, 6.45) is 1.52. The first kappa shape index (κ1) is 17.5. The molecule has 0 saturated carbocycles. The van der Waals surface area contributed by atoms with Crippen molar-refractivity contribution < 1.29 is 14.2 Å². The van der Waals surface area contributed by atoms with Crippen LogP contribution in [0.25, 0.3) is 10.9 Å². The maximum atomic E-state index is 12.7. The Morgan fingerprint density at radius 3 is 2.31 bits per heavy atom. The van der Waals surface area contributed by atoms with Gasteiger partial charge in [-0.3, -0.25) is 4.79 Å². The number of ether oxygens (including phenoxy) is 3. The molecule has 0 aliphatic rings. The van der Waals surface area contributed by atoms with Gasteiger partial charge in [0.15, 0.2) is 0 Å². The lowest BCUT2D eigenvalue weighted by Gasteiger charge is -2.12. The number of rotatable bonds is 5. The lowest BCUT2D eigenvalue weighted by Crippen LogP contribution is -2.20. The summed E-state index contributed by atoms with van der Waals surface area (Å²) in [5.74, 6) is 2.11. The molecule has 1 aromatic heterocycles. The fourth-order valence-electron chi connectivity index (χ4n) is 2.65. The summed E-state index contributed by atoms with van der Waals surface area (Å²) in [6.45, 7) is 1.73. The van der Waals surface area contributed by atoms with Crippen molar-refractivity contribution in [1.29, 1.82) is 0 Å². The van der Waals surface area contributed by atoms with Crippen LogP contribution in [0, 0.1) is 6.92 Å². The third kappa shape index (κ3) is 3.11. The number of aromatic nitrogens is 2. The normalized spacial score (nSPS) is 11.1. The molecule has 0 amide bonds. The Bertz CT molecular complexity index is 1020. The predicted molar refractivity (Wildman–Crippen MR) is 99.8 cm³/mol. The Hall–Kier alpha value is -3.35. The summed E-state index contributed by atoms with van der Waals surface area (Å²) in [6, 6.07) is 10.6. The van der Waals surface area contributed by atoms with Gasteiger partial charge in [0, 0.05) is 12.1 Å². The molecule has 2 aromatic carbocycles. The number of para-hydroxylation sites is 1. The third-order valence-electron chi connectivity index (χ3n) is 3.97. The van der Waals surface area contributed by atoms with E-state index in [4.69, 9.17) is 14.2 Å². The minimum Gasteiger partial charge on any atom is -0.496 e. The lowest BCUT2D eigenvalue weighted by atomic mass is 10.2. The smallest absolute Gasteiger partial charge is 0.282 e. The Balaban J connectivity index is 2.14. The van der Waals surface area contributed by atoms with Gasteiger partial charge >= 0.3 is 0 Å². The highest BCUT2D eigenvalue weighted by Crippen LogP contribution is 2.32. The van der Waals surface area contributed by atoms with Crippen LogP contribution in [0.3, 0.4) is 0 Å². The van der Waals surface area contributed by atoms with Crippen molar-refractivity contribution in [2.75, 3.05) is 21.3 Å². The number of aryl methyl sites for hydroxylation is 1. The first-order valence-electron chi connectivity index (χ1n) is 7.91. The van der Waals surface area contributed by atoms with Gasteiger partial charge in [0.25, 0.3) is 5.56 Å². The number of fused-ring (bicyclic) bond motifs is 1. The van der Waals surface area contributed by atoms with Crippen LogP contribution in [0.1, 0.15) is 11.4 Å². The van der Waals surface area contributed by atoms with E-state index < -0.39 is 0 Å². The molecule has 0 unspecified atom stereocenters. The van der Waals surface area contributed by atoms with Crippen molar-refractivity contribution in [3.63, 3.8) is 0 Å². The number of nitrogens with zero attached hydrogens (tertiary/aromatic N) is 3. The van der Waals surface area contributed by atoms with Crippen molar-refractivity contribution in [1.82, 2.24) is 9.66 Å². The molecule has 7 heteroatoms. The van der Waals surface area contributed by atoms with E-state index in [1.807, 2.05) is 6.07 Å². The van der Waals surface area contributed by atoms with Crippen LogP contribution in [0.4, 0.5) is 0 Å². The standard InChI is InChI=1S/C19H19N3O4/c1-12-21-16-8-6-5-7-14(16)19(23)22(12)20-11-15-17(25-3)9-13(24-2)10-18(15)26-4/h5-11H,1-4H3/b20-11-. The highest BCUT2D eigenvalue weighted by atomic mass is 16.5. The van der Waals surface area contributed by atoms with Gasteiger partial charge in [-0.05, 0) is 19.1 Å². The summed E-state index contributed by atoms with van der Waals surface area (Å²) in [4.78, 5) is 17.1. The zero-order chi connectivity index (χ0) is 18.7. The molecule has 0 N–H and O–H groups in total. The van der Waals surface area contributed by atoms with Gasteiger partial charge in [0.1, 0.15) is 23.1 Å². The van der Waals surface area contributed by atoms with E-state index in [1.54, 1.807) is 58.6 Å². The molecule has 26 heavy (non-hydrogen) atoms. The van der Waals surface area contributed by atoms with E-state index in [1.165, 1.54) is 10.9 Å². The van der Waals surface area contributed by atoms with Crippen molar-refractivity contribution >= 4 is 17.1 Å². The molecule has 0 radical (unpaired) electrons. The number of hydrogen-bond donors (Lipinski definition) is 0. The Morgan fingerprint density at radius 1 is 1.04 bits per heavy atom. The van der Waals surface area contributed by atoms with Gasteiger partial charge in [-0.15, -0.1) is 0 Å². The second-order valence-electron chi connectivity index (χ2n) is 5.48. The average molecular weight is 353 g/mol. The molecule has 0 spiro atoms. The maximum Gasteiger partial charge on any atom is 0.282 e. The van der Waals surface area contributed by atoms with E-state index in [-0.39, 0.29) is 5.56 Å². The van der Waals surface area contributed by atoms with Crippen LogP contribution < -0.4 is 19.8 Å². The second kappa shape index (κ2) is 7.26. The number of benzene rings is 2. The van der Waals surface area contributed by atoms with Gasteiger partial charge in [-0.25, -0.2) is 4.98 Å². The highest BCUT2D eigenvalue weighted by molar-refractivity contribution is 5.88. The molecule has 0 saturated heterocycles. The molecule has 3 rings (SSSR count). The van der Waals surface area contributed by atoms with E-state index in [0.29, 0.717) is 39.5 Å². The van der Waals surface area contributed by atoms with Crippen LogP contribution in [0.2, 0.25) is 0 Å². The fourth-order valence-corrected chi connectivity index (χ4v) is 2.65. The molecule has 7 nitrogen and oxygen atoms in total. The zero-order valence-electron chi connectivity index (χ0n) is 15.0. The van der Waals surface area contributed by atoms with Crippen LogP contribution in [0.5, 0.6) is 17.2 Å². The van der Waals surface area contributed by atoms with E-state index in [9.17, 15) is 4.79 Å². The largest absolute Gasteiger partial charge is 0.496 e. The molecule has 134 valence electrons. The Labute approximate surface area is 150 Å². The molecule has 1 heterocycles. The zero-order valence-corrected chi connectivity index (χ0v) is 15.0.